The minimum atomic E-state index is -3.55. The molecule has 1 aliphatic rings. The van der Waals surface area contributed by atoms with E-state index in [0.717, 1.165) is 48.3 Å². The molecule has 1 heterocycles. The van der Waals surface area contributed by atoms with Crippen LogP contribution >= 0.6 is 0 Å². The first-order chi connectivity index (χ1) is 13.3. The molecule has 0 aliphatic carbocycles. The molecule has 152 valence electrons. The molecule has 0 amide bonds. The van der Waals surface area contributed by atoms with Gasteiger partial charge in [0.1, 0.15) is 0 Å². The molecule has 2 aromatic carbocycles. The van der Waals surface area contributed by atoms with Crippen LogP contribution in [0.25, 0.3) is 0 Å². The Balaban J connectivity index is 1.81. The summed E-state index contributed by atoms with van der Waals surface area (Å²) in [6.07, 6.45) is 2.33. The van der Waals surface area contributed by atoms with Crippen LogP contribution in [0.1, 0.15) is 35.6 Å². The van der Waals surface area contributed by atoms with E-state index in [1.165, 1.54) is 0 Å². The molecule has 1 N–H and O–H groups in total. The molecule has 1 fully saturated rings. The number of benzene rings is 2. The molecule has 2 aromatic rings. The van der Waals surface area contributed by atoms with Crippen molar-refractivity contribution in [1.29, 1.82) is 0 Å². The highest BCUT2D eigenvalue weighted by Crippen LogP contribution is 2.27. The third-order valence-corrected chi connectivity index (χ3v) is 7.05. The Bertz CT molecular complexity index is 902. The Kier molecular flexibility index (Phi) is 6.43. The smallest absolute Gasteiger partial charge is 0.240 e. The lowest BCUT2D eigenvalue weighted by Gasteiger charge is -2.28. The van der Waals surface area contributed by atoms with Crippen LogP contribution in [0, 0.1) is 13.8 Å². The second kappa shape index (κ2) is 8.64. The fourth-order valence-electron chi connectivity index (χ4n) is 3.87. The highest BCUT2D eigenvalue weighted by Gasteiger charge is 2.26. The zero-order valence-corrected chi connectivity index (χ0v) is 18.1. The van der Waals surface area contributed by atoms with E-state index in [4.69, 9.17) is 0 Å². The predicted molar refractivity (Wildman–Crippen MR) is 115 cm³/mol. The van der Waals surface area contributed by atoms with Gasteiger partial charge in [-0.1, -0.05) is 29.8 Å². The Morgan fingerprint density at radius 3 is 2.25 bits per heavy atom. The SMILES string of the molecule is Cc1ccc(S(=O)(=O)NCC(c2ccc(N(C)C)cc2)N2CCCC2)c(C)c1. The van der Waals surface area contributed by atoms with E-state index in [1.807, 2.05) is 40.1 Å². The van der Waals surface area contributed by atoms with Gasteiger partial charge in [0, 0.05) is 32.4 Å². The Hall–Kier alpha value is -1.89. The van der Waals surface area contributed by atoms with Crippen molar-refractivity contribution in [3.05, 3.63) is 59.2 Å². The molecule has 28 heavy (non-hydrogen) atoms. The molecule has 1 aliphatic heterocycles. The van der Waals surface area contributed by atoms with Gasteiger partial charge in [-0.25, -0.2) is 13.1 Å². The molecule has 5 nitrogen and oxygen atoms in total. The number of sulfonamides is 1. The highest BCUT2D eigenvalue weighted by atomic mass is 32.2. The molecule has 1 saturated heterocycles. The van der Waals surface area contributed by atoms with Gasteiger partial charge in [-0.3, -0.25) is 4.90 Å². The van der Waals surface area contributed by atoms with Crippen LogP contribution in [0.5, 0.6) is 0 Å². The minimum Gasteiger partial charge on any atom is -0.378 e. The van der Waals surface area contributed by atoms with Crippen molar-refractivity contribution in [2.45, 2.75) is 37.6 Å². The average Bonchev–Trinajstić information content (AvgIpc) is 3.16. The van der Waals surface area contributed by atoms with Crippen molar-refractivity contribution < 1.29 is 8.42 Å². The summed E-state index contributed by atoms with van der Waals surface area (Å²) in [6, 6.07) is 13.9. The topological polar surface area (TPSA) is 52.7 Å². The van der Waals surface area contributed by atoms with E-state index in [1.54, 1.807) is 6.07 Å². The monoisotopic (exact) mass is 401 g/mol. The van der Waals surface area contributed by atoms with Crippen LogP contribution in [0.3, 0.4) is 0 Å². The zero-order valence-electron chi connectivity index (χ0n) is 17.3. The van der Waals surface area contributed by atoms with Crippen LogP contribution < -0.4 is 9.62 Å². The van der Waals surface area contributed by atoms with Crippen molar-refractivity contribution in [3.8, 4) is 0 Å². The normalized spacial score (nSPS) is 16.3. The summed E-state index contributed by atoms with van der Waals surface area (Å²) in [6.45, 7) is 6.20. The Morgan fingerprint density at radius 2 is 1.68 bits per heavy atom. The average molecular weight is 402 g/mol. The Morgan fingerprint density at radius 1 is 1.04 bits per heavy atom. The van der Waals surface area contributed by atoms with Crippen molar-refractivity contribution in [2.75, 3.05) is 38.6 Å². The van der Waals surface area contributed by atoms with Crippen LogP contribution in [0.15, 0.2) is 47.4 Å². The van der Waals surface area contributed by atoms with Crippen molar-refractivity contribution >= 4 is 15.7 Å². The van der Waals surface area contributed by atoms with E-state index in [2.05, 4.69) is 38.8 Å². The largest absolute Gasteiger partial charge is 0.378 e. The van der Waals surface area contributed by atoms with E-state index in [9.17, 15) is 8.42 Å². The maximum atomic E-state index is 12.9. The first kappa shape index (κ1) is 20.8. The molecule has 3 rings (SSSR count). The maximum absolute atomic E-state index is 12.9. The van der Waals surface area contributed by atoms with Gasteiger partial charge < -0.3 is 4.90 Å². The van der Waals surface area contributed by atoms with Crippen molar-refractivity contribution in [1.82, 2.24) is 9.62 Å². The second-order valence-electron chi connectivity index (χ2n) is 7.87. The van der Waals surface area contributed by atoms with Gasteiger partial charge in [0.05, 0.1) is 4.90 Å². The number of aryl methyl sites for hydroxylation is 2. The van der Waals surface area contributed by atoms with Crippen LogP contribution in [0.4, 0.5) is 5.69 Å². The summed E-state index contributed by atoms with van der Waals surface area (Å²) in [5.41, 5.74) is 4.13. The van der Waals surface area contributed by atoms with Gasteiger partial charge in [0.2, 0.25) is 10.0 Å². The number of hydrogen-bond donors (Lipinski definition) is 1. The molecule has 6 heteroatoms. The fourth-order valence-corrected chi connectivity index (χ4v) is 5.14. The number of likely N-dealkylation sites (tertiary alicyclic amines) is 1. The van der Waals surface area contributed by atoms with E-state index >= 15 is 0 Å². The first-order valence-corrected chi connectivity index (χ1v) is 11.3. The zero-order chi connectivity index (χ0) is 20.3. The van der Waals surface area contributed by atoms with E-state index in [0.29, 0.717) is 11.4 Å². The second-order valence-corrected chi connectivity index (χ2v) is 9.60. The van der Waals surface area contributed by atoms with Crippen LogP contribution in [-0.4, -0.2) is 47.0 Å². The lowest BCUT2D eigenvalue weighted by Crippen LogP contribution is -2.37. The summed E-state index contributed by atoms with van der Waals surface area (Å²) >= 11 is 0. The third-order valence-electron chi connectivity index (χ3n) is 5.46. The lowest BCUT2D eigenvalue weighted by molar-refractivity contribution is 0.246. The quantitative estimate of drug-likeness (QED) is 0.772. The number of hydrogen-bond acceptors (Lipinski definition) is 4. The molecule has 0 aromatic heterocycles. The van der Waals surface area contributed by atoms with Gasteiger partial charge in [-0.2, -0.15) is 0 Å². The van der Waals surface area contributed by atoms with Crippen LogP contribution in [0.2, 0.25) is 0 Å². The highest BCUT2D eigenvalue weighted by molar-refractivity contribution is 7.89. The van der Waals surface area contributed by atoms with Crippen LogP contribution in [-0.2, 0) is 10.0 Å². The summed E-state index contributed by atoms with van der Waals surface area (Å²) in [5.74, 6) is 0. The molecule has 1 atom stereocenters. The minimum absolute atomic E-state index is 0.0410. The molecule has 0 spiro atoms. The standard InChI is InChI=1S/C22H31N3O2S/c1-17-7-12-22(18(2)15-17)28(26,27)23-16-21(25-13-5-6-14-25)19-8-10-20(11-9-19)24(3)4/h7-12,15,21,23H,5-6,13-14,16H2,1-4H3. The number of nitrogens with zero attached hydrogens (tertiary/aromatic N) is 2. The summed E-state index contributed by atoms with van der Waals surface area (Å²) in [5, 5.41) is 0. The Labute approximate surface area is 169 Å². The summed E-state index contributed by atoms with van der Waals surface area (Å²) < 4.78 is 28.7. The first-order valence-electron chi connectivity index (χ1n) is 9.86. The third kappa shape index (κ3) is 4.74. The molecule has 0 saturated carbocycles. The molecular formula is C22H31N3O2S. The lowest BCUT2D eigenvalue weighted by atomic mass is 10.1. The number of anilines is 1. The number of rotatable bonds is 7. The van der Waals surface area contributed by atoms with Crippen molar-refractivity contribution in [3.63, 3.8) is 0 Å². The summed E-state index contributed by atoms with van der Waals surface area (Å²) in [7, 11) is 0.491. The predicted octanol–water partition coefficient (Wildman–Crippen LogP) is 3.48. The molecule has 1 unspecified atom stereocenters. The van der Waals surface area contributed by atoms with Gasteiger partial charge in [0.25, 0.3) is 0 Å². The van der Waals surface area contributed by atoms with Gasteiger partial charge in [0.15, 0.2) is 0 Å². The maximum Gasteiger partial charge on any atom is 0.240 e. The molecule has 0 radical (unpaired) electrons. The van der Waals surface area contributed by atoms with Gasteiger partial charge >= 0.3 is 0 Å². The molecular weight excluding hydrogens is 370 g/mol. The van der Waals surface area contributed by atoms with Gasteiger partial charge in [-0.15, -0.1) is 0 Å². The van der Waals surface area contributed by atoms with E-state index in [-0.39, 0.29) is 6.04 Å². The summed E-state index contributed by atoms with van der Waals surface area (Å²) in [4.78, 5) is 4.81. The fraction of sp³-hybridized carbons (Fsp3) is 0.455. The number of nitrogens with one attached hydrogen (secondary N) is 1. The van der Waals surface area contributed by atoms with E-state index < -0.39 is 10.0 Å². The molecule has 0 bridgehead atoms. The van der Waals surface area contributed by atoms with Gasteiger partial charge in [-0.05, 0) is 69.1 Å². The van der Waals surface area contributed by atoms with Crippen molar-refractivity contribution in [2.24, 2.45) is 0 Å².